The molecule has 144 valence electrons. The number of hydrogen-bond donors (Lipinski definition) is 1. The summed E-state index contributed by atoms with van der Waals surface area (Å²) in [4.78, 5) is 0. The van der Waals surface area contributed by atoms with E-state index in [4.69, 9.17) is 18.9 Å². The van der Waals surface area contributed by atoms with Gasteiger partial charge in [-0.05, 0) is 31.0 Å². The van der Waals surface area contributed by atoms with Crippen LogP contribution in [-0.4, -0.2) is 40.6 Å². The van der Waals surface area contributed by atoms with Gasteiger partial charge in [-0.2, -0.15) is 0 Å². The standard InChI is InChI=1S/C20H35NO4/c1-6-8-9-10-11-17(25-7-2)15-21-14-16-12-18(22-3)20(24-5)19(13-16)23-4/h12-13,17,21H,6-11,14-15H2,1-5H3. The van der Waals surface area contributed by atoms with Gasteiger partial charge in [0.2, 0.25) is 5.75 Å². The van der Waals surface area contributed by atoms with Gasteiger partial charge in [-0.3, -0.25) is 0 Å². The van der Waals surface area contributed by atoms with Crippen LogP contribution in [0.15, 0.2) is 12.1 Å². The van der Waals surface area contributed by atoms with E-state index in [0.29, 0.717) is 17.2 Å². The van der Waals surface area contributed by atoms with E-state index in [-0.39, 0.29) is 6.10 Å². The third kappa shape index (κ3) is 7.53. The molecule has 0 heterocycles. The molecule has 1 rings (SSSR count). The Morgan fingerprint density at radius 3 is 2.12 bits per heavy atom. The number of ether oxygens (including phenoxy) is 4. The van der Waals surface area contributed by atoms with E-state index in [9.17, 15) is 0 Å². The maximum absolute atomic E-state index is 5.85. The molecule has 1 atom stereocenters. The van der Waals surface area contributed by atoms with Gasteiger partial charge in [0.1, 0.15) is 0 Å². The van der Waals surface area contributed by atoms with Crippen molar-refractivity contribution in [2.75, 3.05) is 34.5 Å². The van der Waals surface area contributed by atoms with Crippen molar-refractivity contribution in [3.63, 3.8) is 0 Å². The van der Waals surface area contributed by atoms with Gasteiger partial charge in [0.05, 0.1) is 27.4 Å². The normalized spacial score (nSPS) is 12.0. The van der Waals surface area contributed by atoms with Crippen molar-refractivity contribution in [3.8, 4) is 17.2 Å². The van der Waals surface area contributed by atoms with Crippen LogP contribution in [0.5, 0.6) is 17.2 Å². The molecule has 0 aliphatic carbocycles. The monoisotopic (exact) mass is 353 g/mol. The SMILES string of the molecule is CCCCCCC(CNCc1cc(OC)c(OC)c(OC)c1)OCC. The third-order valence-corrected chi connectivity index (χ3v) is 4.21. The highest BCUT2D eigenvalue weighted by atomic mass is 16.5. The van der Waals surface area contributed by atoms with Gasteiger partial charge in [0.25, 0.3) is 0 Å². The number of hydrogen-bond acceptors (Lipinski definition) is 5. The highest BCUT2D eigenvalue weighted by Gasteiger charge is 2.13. The number of unbranched alkanes of at least 4 members (excludes halogenated alkanes) is 3. The fourth-order valence-electron chi connectivity index (χ4n) is 2.89. The molecule has 0 fully saturated rings. The molecule has 1 N–H and O–H groups in total. The summed E-state index contributed by atoms with van der Waals surface area (Å²) in [5, 5.41) is 3.49. The van der Waals surface area contributed by atoms with Crippen molar-refractivity contribution in [1.82, 2.24) is 5.32 Å². The van der Waals surface area contributed by atoms with Crippen LogP contribution in [0.25, 0.3) is 0 Å². The predicted molar refractivity (Wildman–Crippen MR) is 102 cm³/mol. The molecular formula is C20H35NO4. The Bertz CT molecular complexity index is 454. The predicted octanol–water partition coefficient (Wildman–Crippen LogP) is 4.18. The molecule has 5 nitrogen and oxygen atoms in total. The summed E-state index contributed by atoms with van der Waals surface area (Å²) in [6.45, 7) is 6.62. The Morgan fingerprint density at radius 2 is 1.60 bits per heavy atom. The van der Waals surface area contributed by atoms with Crippen LogP contribution in [0.4, 0.5) is 0 Å². The van der Waals surface area contributed by atoms with Crippen LogP contribution in [-0.2, 0) is 11.3 Å². The zero-order valence-corrected chi connectivity index (χ0v) is 16.5. The number of rotatable bonds is 14. The van der Waals surface area contributed by atoms with Crippen LogP contribution in [0.3, 0.4) is 0 Å². The second-order valence-electron chi connectivity index (χ2n) is 6.09. The molecule has 5 heteroatoms. The Balaban J connectivity index is 2.57. The molecule has 1 aromatic carbocycles. The van der Waals surface area contributed by atoms with Crippen molar-refractivity contribution >= 4 is 0 Å². The highest BCUT2D eigenvalue weighted by Crippen LogP contribution is 2.38. The molecule has 0 amide bonds. The van der Waals surface area contributed by atoms with Crippen molar-refractivity contribution in [1.29, 1.82) is 0 Å². The average molecular weight is 354 g/mol. The average Bonchev–Trinajstić information content (AvgIpc) is 2.64. The first-order valence-electron chi connectivity index (χ1n) is 9.31. The summed E-state index contributed by atoms with van der Waals surface area (Å²) >= 11 is 0. The first-order chi connectivity index (χ1) is 12.2. The lowest BCUT2D eigenvalue weighted by Gasteiger charge is -2.18. The molecule has 0 saturated heterocycles. The van der Waals surface area contributed by atoms with E-state index < -0.39 is 0 Å². The highest BCUT2D eigenvalue weighted by molar-refractivity contribution is 5.53. The van der Waals surface area contributed by atoms with E-state index in [2.05, 4.69) is 19.2 Å². The van der Waals surface area contributed by atoms with E-state index in [1.807, 2.05) is 12.1 Å². The molecule has 0 spiro atoms. The minimum atomic E-state index is 0.267. The maximum atomic E-state index is 5.85. The Morgan fingerprint density at radius 1 is 0.920 bits per heavy atom. The lowest BCUT2D eigenvalue weighted by Crippen LogP contribution is -2.29. The van der Waals surface area contributed by atoms with Gasteiger partial charge in [0, 0.05) is 19.7 Å². The number of benzene rings is 1. The smallest absolute Gasteiger partial charge is 0.203 e. The van der Waals surface area contributed by atoms with E-state index in [0.717, 1.165) is 31.7 Å². The minimum Gasteiger partial charge on any atom is -0.493 e. The van der Waals surface area contributed by atoms with Crippen LogP contribution in [0.1, 0.15) is 51.5 Å². The fraction of sp³-hybridized carbons (Fsp3) is 0.700. The van der Waals surface area contributed by atoms with Crippen LogP contribution in [0, 0.1) is 0 Å². The molecule has 0 saturated carbocycles. The number of nitrogens with one attached hydrogen (secondary N) is 1. The Hall–Kier alpha value is -1.46. The molecular weight excluding hydrogens is 318 g/mol. The van der Waals surface area contributed by atoms with Crippen LogP contribution in [0.2, 0.25) is 0 Å². The maximum Gasteiger partial charge on any atom is 0.203 e. The molecule has 1 unspecified atom stereocenters. The number of methoxy groups -OCH3 is 3. The second kappa shape index (κ2) is 12.8. The first-order valence-corrected chi connectivity index (χ1v) is 9.31. The van der Waals surface area contributed by atoms with Crippen molar-refractivity contribution < 1.29 is 18.9 Å². The summed E-state index contributed by atoms with van der Waals surface area (Å²) in [5.41, 5.74) is 1.09. The van der Waals surface area contributed by atoms with Crippen LogP contribution >= 0.6 is 0 Å². The lowest BCUT2D eigenvalue weighted by atomic mass is 10.1. The quantitative estimate of drug-likeness (QED) is 0.509. The topological polar surface area (TPSA) is 49.0 Å². The van der Waals surface area contributed by atoms with Gasteiger partial charge in [-0.15, -0.1) is 0 Å². The van der Waals surface area contributed by atoms with E-state index in [1.165, 1.54) is 25.7 Å². The van der Waals surface area contributed by atoms with Crippen molar-refractivity contribution in [2.24, 2.45) is 0 Å². The van der Waals surface area contributed by atoms with Gasteiger partial charge in [-0.25, -0.2) is 0 Å². The molecule has 0 aromatic heterocycles. The Labute approximate surface area is 153 Å². The third-order valence-electron chi connectivity index (χ3n) is 4.21. The lowest BCUT2D eigenvalue weighted by molar-refractivity contribution is 0.0546. The molecule has 0 aliphatic heterocycles. The van der Waals surface area contributed by atoms with E-state index in [1.54, 1.807) is 21.3 Å². The van der Waals surface area contributed by atoms with Crippen LogP contribution < -0.4 is 19.5 Å². The zero-order chi connectivity index (χ0) is 18.5. The molecule has 0 bridgehead atoms. The molecule has 0 aliphatic rings. The zero-order valence-electron chi connectivity index (χ0n) is 16.5. The van der Waals surface area contributed by atoms with E-state index >= 15 is 0 Å². The largest absolute Gasteiger partial charge is 0.493 e. The van der Waals surface area contributed by atoms with Gasteiger partial charge in [0.15, 0.2) is 11.5 Å². The Kier molecular flexibility index (Phi) is 11.1. The summed E-state index contributed by atoms with van der Waals surface area (Å²) in [7, 11) is 4.88. The summed E-state index contributed by atoms with van der Waals surface area (Å²) in [6.07, 6.45) is 6.45. The van der Waals surface area contributed by atoms with Crippen molar-refractivity contribution in [2.45, 2.75) is 58.6 Å². The van der Waals surface area contributed by atoms with Gasteiger partial charge >= 0.3 is 0 Å². The molecule has 0 radical (unpaired) electrons. The molecule has 1 aromatic rings. The summed E-state index contributed by atoms with van der Waals surface area (Å²) in [6, 6.07) is 3.95. The van der Waals surface area contributed by atoms with Gasteiger partial charge in [-0.1, -0.05) is 32.6 Å². The summed E-state index contributed by atoms with van der Waals surface area (Å²) in [5.74, 6) is 1.98. The summed E-state index contributed by atoms with van der Waals surface area (Å²) < 4.78 is 22.0. The molecule has 25 heavy (non-hydrogen) atoms. The second-order valence-corrected chi connectivity index (χ2v) is 6.09. The minimum absolute atomic E-state index is 0.267. The first kappa shape index (κ1) is 21.6. The fourth-order valence-corrected chi connectivity index (χ4v) is 2.89. The van der Waals surface area contributed by atoms with Crippen molar-refractivity contribution in [3.05, 3.63) is 17.7 Å². The van der Waals surface area contributed by atoms with Gasteiger partial charge < -0.3 is 24.3 Å².